The zero-order chi connectivity index (χ0) is 11.8. The molecule has 3 aromatic heterocycles. The molecule has 0 amide bonds. The fourth-order valence-corrected chi connectivity index (χ4v) is 3.10. The van der Waals surface area contributed by atoms with E-state index in [4.69, 9.17) is 9.68 Å². The topological polar surface area (TPSA) is 49.8 Å². The summed E-state index contributed by atoms with van der Waals surface area (Å²) in [6.45, 7) is 0. The van der Waals surface area contributed by atoms with Gasteiger partial charge in [-0.15, -0.1) is 11.3 Å². The number of nitrogens with zero attached hydrogens (tertiary/aromatic N) is 2. The van der Waals surface area contributed by atoms with Crippen molar-refractivity contribution in [1.29, 1.82) is 5.26 Å². The lowest BCUT2D eigenvalue weighted by atomic mass is 10.2. The van der Waals surface area contributed by atoms with Crippen LogP contribution >= 0.6 is 27.3 Å². The first-order chi connectivity index (χ1) is 8.29. The molecule has 0 radical (unpaired) electrons. The minimum Gasteiger partial charge on any atom is -0.444 e. The predicted octanol–water partition coefficient (Wildman–Crippen LogP) is 4.19. The summed E-state index contributed by atoms with van der Waals surface area (Å²) in [5.74, 6) is 0.297. The van der Waals surface area contributed by atoms with Crippen molar-refractivity contribution >= 4 is 38.2 Å². The summed E-state index contributed by atoms with van der Waals surface area (Å²) in [6, 6.07) is 7.69. The van der Waals surface area contributed by atoms with E-state index in [1.807, 2.05) is 23.6 Å². The maximum atomic E-state index is 8.81. The molecule has 3 nitrogen and oxygen atoms in total. The molecule has 0 bridgehead atoms. The van der Waals surface area contributed by atoms with Crippen LogP contribution in [0.2, 0.25) is 0 Å². The predicted molar refractivity (Wildman–Crippen MR) is 69.7 cm³/mol. The summed E-state index contributed by atoms with van der Waals surface area (Å²) >= 11 is 5.14. The van der Waals surface area contributed by atoms with Gasteiger partial charge in [-0.25, -0.2) is 0 Å². The second-order valence-electron chi connectivity index (χ2n) is 3.40. The highest BCUT2D eigenvalue weighted by Crippen LogP contribution is 2.35. The fourth-order valence-electron chi connectivity index (χ4n) is 1.62. The average Bonchev–Trinajstić information content (AvgIpc) is 2.97. The second-order valence-corrected chi connectivity index (χ2v) is 5.14. The molecule has 0 aliphatic heterocycles. The molecule has 0 unspecified atom stereocenters. The van der Waals surface area contributed by atoms with E-state index in [2.05, 4.69) is 20.9 Å². The molecule has 3 heterocycles. The average molecular weight is 305 g/mol. The van der Waals surface area contributed by atoms with Crippen molar-refractivity contribution in [3.05, 3.63) is 40.0 Å². The first-order valence-electron chi connectivity index (χ1n) is 4.81. The molecule has 0 aromatic carbocycles. The highest BCUT2D eigenvalue weighted by Gasteiger charge is 2.13. The van der Waals surface area contributed by atoms with E-state index in [1.165, 1.54) is 0 Å². The smallest absolute Gasteiger partial charge is 0.204 e. The van der Waals surface area contributed by atoms with Crippen LogP contribution in [-0.4, -0.2) is 4.98 Å². The Hall–Kier alpha value is -1.64. The van der Waals surface area contributed by atoms with Crippen LogP contribution in [0.4, 0.5) is 0 Å². The molecule has 5 heteroatoms. The van der Waals surface area contributed by atoms with Gasteiger partial charge in [-0.1, -0.05) is 6.07 Å². The van der Waals surface area contributed by atoms with Gasteiger partial charge in [0.15, 0.2) is 5.58 Å². The third kappa shape index (κ3) is 1.66. The number of fused-ring (bicyclic) bond motifs is 1. The first-order valence-corrected chi connectivity index (χ1v) is 6.49. The zero-order valence-corrected chi connectivity index (χ0v) is 10.9. The van der Waals surface area contributed by atoms with Crippen LogP contribution < -0.4 is 0 Å². The molecule has 0 saturated heterocycles. The van der Waals surface area contributed by atoms with Crippen molar-refractivity contribution in [2.24, 2.45) is 0 Å². The van der Waals surface area contributed by atoms with E-state index in [9.17, 15) is 0 Å². The molecule has 3 rings (SSSR count). The number of thiophene rings is 1. The summed E-state index contributed by atoms with van der Waals surface area (Å²) in [6.07, 6.45) is 1.65. The third-order valence-electron chi connectivity index (χ3n) is 2.38. The fraction of sp³-hybridized carbons (Fsp3) is 0. The van der Waals surface area contributed by atoms with Crippen LogP contribution in [0, 0.1) is 11.3 Å². The standard InChI is InChI=1S/C12H5BrN2OS/c13-11-8-4-7(5-14)16-9(8)6-15-12(11)10-2-1-3-17-10/h1-4,6H. The Bertz CT molecular complexity index is 725. The molecular formula is C12H5BrN2OS. The molecule has 0 atom stereocenters. The van der Waals surface area contributed by atoms with E-state index >= 15 is 0 Å². The van der Waals surface area contributed by atoms with E-state index in [1.54, 1.807) is 23.6 Å². The number of hydrogen-bond donors (Lipinski definition) is 0. The molecule has 0 aliphatic rings. The second kappa shape index (κ2) is 3.99. The minimum absolute atomic E-state index is 0.297. The van der Waals surface area contributed by atoms with Crippen molar-refractivity contribution in [2.45, 2.75) is 0 Å². The Balaban J connectivity index is 2.30. The Morgan fingerprint density at radius 1 is 1.47 bits per heavy atom. The number of hydrogen-bond acceptors (Lipinski definition) is 4. The lowest BCUT2D eigenvalue weighted by molar-refractivity contribution is 0.598. The highest BCUT2D eigenvalue weighted by atomic mass is 79.9. The summed E-state index contributed by atoms with van der Waals surface area (Å²) in [7, 11) is 0. The van der Waals surface area contributed by atoms with Crippen molar-refractivity contribution in [1.82, 2.24) is 4.98 Å². The number of nitriles is 1. The zero-order valence-electron chi connectivity index (χ0n) is 8.48. The minimum atomic E-state index is 0.297. The lowest BCUT2D eigenvalue weighted by Gasteiger charge is -2.00. The lowest BCUT2D eigenvalue weighted by Crippen LogP contribution is -1.82. The van der Waals surface area contributed by atoms with Gasteiger partial charge in [0.05, 0.1) is 21.2 Å². The van der Waals surface area contributed by atoms with Crippen LogP contribution in [0.25, 0.3) is 21.5 Å². The molecule has 17 heavy (non-hydrogen) atoms. The monoisotopic (exact) mass is 304 g/mol. The molecule has 82 valence electrons. The van der Waals surface area contributed by atoms with Crippen molar-refractivity contribution in [3.8, 4) is 16.6 Å². The van der Waals surface area contributed by atoms with Crippen molar-refractivity contribution in [2.75, 3.05) is 0 Å². The highest BCUT2D eigenvalue weighted by molar-refractivity contribution is 9.10. The van der Waals surface area contributed by atoms with Crippen LogP contribution in [0.5, 0.6) is 0 Å². The van der Waals surface area contributed by atoms with Gasteiger partial charge in [0, 0.05) is 11.5 Å². The first kappa shape index (κ1) is 10.5. The molecule has 3 aromatic rings. The van der Waals surface area contributed by atoms with E-state index in [-0.39, 0.29) is 0 Å². The van der Waals surface area contributed by atoms with Gasteiger partial charge in [0.25, 0.3) is 0 Å². The van der Waals surface area contributed by atoms with Gasteiger partial charge >= 0.3 is 0 Å². The van der Waals surface area contributed by atoms with Crippen LogP contribution in [0.15, 0.2) is 38.7 Å². The van der Waals surface area contributed by atoms with Gasteiger partial charge < -0.3 is 4.42 Å². The van der Waals surface area contributed by atoms with Gasteiger partial charge in [-0.05, 0) is 27.4 Å². The summed E-state index contributed by atoms with van der Waals surface area (Å²) in [5, 5.41) is 11.7. The normalized spacial score (nSPS) is 10.6. The van der Waals surface area contributed by atoms with Gasteiger partial charge in [-0.3, -0.25) is 4.98 Å². The quantitative estimate of drug-likeness (QED) is 0.677. The SMILES string of the molecule is N#Cc1cc2c(Br)c(-c3cccs3)ncc2o1. The van der Waals surface area contributed by atoms with Crippen molar-refractivity contribution < 1.29 is 4.42 Å². The summed E-state index contributed by atoms with van der Waals surface area (Å²) in [4.78, 5) is 5.44. The Labute approximate surface area is 109 Å². The number of halogens is 1. The number of rotatable bonds is 1. The molecule has 0 aliphatic carbocycles. The van der Waals surface area contributed by atoms with E-state index < -0.39 is 0 Å². The molecule has 0 spiro atoms. The van der Waals surface area contributed by atoms with Gasteiger partial charge in [0.2, 0.25) is 5.76 Å². The Morgan fingerprint density at radius 3 is 3.06 bits per heavy atom. The van der Waals surface area contributed by atoms with Gasteiger partial charge in [0.1, 0.15) is 6.07 Å². The molecule has 0 saturated carbocycles. The molecule has 0 N–H and O–H groups in total. The van der Waals surface area contributed by atoms with Crippen LogP contribution in [-0.2, 0) is 0 Å². The number of aromatic nitrogens is 1. The Morgan fingerprint density at radius 2 is 2.35 bits per heavy atom. The number of pyridine rings is 1. The summed E-state index contributed by atoms with van der Waals surface area (Å²) in [5.41, 5.74) is 1.49. The maximum absolute atomic E-state index is 8.81. The maximum Gasteiger partial charge on any atom is 0.204 e. The van der Waals surface area contributed by atoms with E-state index in [0.717, 1.165) is 20.4 Å². The largest absolute Gasteiger partial charge is 0.444 e. The number of furan rings is 1. The third-order valence-corrected chi connectivity index (χ3v) is 4.06. The Kier molecular flexibility index (Phi) is 2.46. The van der Waals surface area contributed by atoms with Gasteiger partial charge in [-0.2, -0.15) is 5.26 Å². The molecular weight excluding hydrogens is 300 g/mol. The molecule has 0 fully saturated rings. The summed E-state index contributed by atoms with van der Waals surface area (Å²) < 4.78 is 6.18. The van der Waals surface area contributed by atoms with Crippen LogP contribution in [0.3, 0.4) is 0 Å². The van der Waals surface area contributed by atoms with E-state index in [0.29, 0.717) is 11.3 Å². The van der Waals surface area contributed by atoms with Crippen molar-refractivity contribution in [3.63, 3.8) is 0 Å². The van der Waals surface area contributed by atoms with Crippen LogP contribution in [0.1, 0.15) is 5.76 Å².